The molecule has 0 aliphatic heterocycles. The van der Waals surface area contributed by atoms with Gasteiger partial charge in [0, 0.05) is 19.3 Å². The maximum absolute atomic E-state index is 6.31. The highest BCUT2D eigenvalue weighted by Gasteiger charge is 2.22. The minimum absolute atomic E-state index is 0.299. The van der Waals surface area contributed by atoms with E-state index in [-0.39, 0.29) is 5.54 Å². The molecule has 0 amide bonds. The highest BCUT2D eigenvalue weighted by Crippen LogP contribution is 2.26. The van der Waals surface area contributed by atoms with Gasteiger partial charge in [0.25, 0.3) is 0 Å². The second-order valence-corrected chi connectivity index (χ2v) is 4.41. The predicted octanol–water partition coefficient (Wildman–Crippen LogP) is 2.51. The Morgan fingerprint density at radius 2 is 2.00 bits per heavy atom. The van der Waals surface area contributed by atoms with Gasteiger partial charge in [0.05, 0.1) is 0 Å². The minimum Gasteiger partial charge on any atom is -0.385 e. The first-order valence-corrected chi connectivity index (χ1v) is 5.33. The fraction of sp³-hybridized carbons (Fsp3) is 0.538. The fourth-order valence-electron chi connectivity index (χ4n) is 1.82. The first kappa shape index (κ1) is 12.2. The van der Waals surface area contributed by atoms with E-state index in [4.69, 9.17) is 10.5 Å². The molecule has 1 aromatic carbocycles. The van der Waals surface area contributed by atoms with E-state index >= 15 is 0 Å². The normalized spacial score (nSPS) is 15.0. The van der Waals surface area contributed by atoms with Gasteiger partial charge in [-0.3, -0.25) is 0 Å². The zero-order chi connectivity index (χ0) is 11.5. The number of aryl methyl sites for hydroxylation is 1. The predicted molar refractivity (Wildman–Crippen MR) is 63.9 cm³/mol. The molecule has 0 spiro atoms. The maximum atomic E-state index is 6.31. The van der Waals surface area contributed by atoms with Gasteiger partial charge in [-0.2, -0.15) is 0 Å². The van der Waals surface area contributed by atoms with Gasteiger partial charge in [-0.1, -0.05) is 18.2 Å². The van der Waals surface area contributed by atoms with Crippen molar-refractivity contribution in [1.29, 1.82) is 0 Å². The summed E-state index contributed by atoms with van der Waals surface area (Å²) >= 11 is 0. The number of rotatable bonds is 4. The van der Waals surface area contributed by atoms with Crippen LogP contribution in [-0.4, -0.2) is 13.7 Å². The van der Waals surface area contributed by atoms with Gasteiger partial charge in [0.2, 0.25) is 0 Å². The van der Waals surface area contributed by atoms with Crippen molar-refractivity contribution in [3.05, 3.63) is 34.9 Å². The molecular formula is C13H21NO. The molecule has 2 heteroatoms. The van der Waals surface area contributed by atoms with Crippen LogP contribution in [0.25, 0.3) is 0 Å². The summed E-state index contributed by atoms with van der Waals surface area (Å²) in [6, 6.07) is 6.29. The highest BCUT2D eigenvalue weighted by atomic mass is 16.5. The molecule has 1 rings (SSSR count). The molecular weight excluding hydrogens is 186 g/mol. The Morgan fingerprint density at radius 3 is 2.60 bits per heavy atom. The van der Waals surface area contributed by atoms with Crippen LogP contribution in [0.1, 0.15) is 30.0 Å². The molecule has 0 heterocycles. The highest BCUT2D eigenvalue weighted by molar-refractivity contribution is 5.37. The molecule has 1 aromatic rings. The topological polar surface area (TPSA) is 35.2 Å². The largest absolute Gasteiger partial charge is 0.385 e. The van der Waals surface area contributed by atoms with Crippen molar-refractivity contribution < 1.29 is 4.74 Å². The van der Waals surface area contributed by atoms with E-state index < -0.39 is 0 Å². The van der Waals surface area contributed by atoms with Crippen LogP contribution in [0.3, 0.4) is 0 Å². The van der Waals surface area contributed by atoms with Crippen LogP contribution in [0.4, 0.5) is 0 Å². The van der Waals surface area contributed by atoms with Crippen LogP contribution >= 0.6 is 0 Å². The summed E-state index contributed by atoms with van der Waals surface area (Å²) in [6.07, 6.45) is 0.841. The Morgan fingerprint density at radius 1 is 1.33 bits per heavy atom. The number of hydrogen-bond donors (Lipinski definition) is 1. The lowest BCUT2D eigenvalue weighted by Crippen LogP contribution is -2.35. The van der Waals surface area contributed by atoms with Crippen molar-refractivity contribution in [2.45, 2.75) is 32.7 Å². The first-order chi connectivity index (χ1) is 6.99. The van der Waals surface area contributed by atoms with Crippen molar-refractivity contribution in [2.75, 3.05) is 13.7 Å². The molecule has 1 unspecified atom stereocenters. The third-order valence-corrected chi connectivity index (χ3v) is 3.05. The average molecular weight is 207 g/mol. The molecule has 0 saturated heterocycles. The minimum atomic E-state index is -0.299. The summed E-state index contributed by atoms with van der Waals surface area (Å²) in [4.78, 5) is 0. The van der Waals surface area contributed by atoms with E-state index in [1.54, 1.807) is 7.11 Å². The average Bonchev–Trinajstić information content (AvgIpc) is 2.19. The van der Waals surface area contributed by atoms with Crippen LogP contribution in [0.2, 0.25) is 0 Å². The molecule has 0 bridgehead atoms. The Hall–Kier alpha value is -0.860. The standard InChI is InChI=1S/C13H21NO/c1-10-6-5-7-12(11(10)2)13(3,14)8-9-15-4/h5-7H,8-9,14H2,1-4H3. The lowest BCUT2D eigenvalue weighted by molar-refractivity contribution is 0.172. The Labute approximate surface area is 92.4 Å². The van der Waals surface area contributed by atoms with Crippen molar-refractivity contribution >= 4 is 0 Å². The second-order valence-electron chi connectivity index (χ2n) is 4.41. The van der Waals surface area contributed by atoms with Gasteiger partial charge in [-0.05, 0) is 43.9 Å². The molecule has 0 aliphatic rings. The number of methoxy groups -OCH3 is 1. The van der Waals surface area contributed by atoms with Crippen LogP contribution in [-0.2, 0) is 10.3 Å². The van der Waals surface area contributed by atoms with Crippen LogP contribution in [0.5, 0.6) is 0 Å². The van der Waals surface area contributed by atoms with Crippen molar-refractivity contribution in [3.63, 3.8) is 0 Å². The molecule has 15 heavy (non-hydrogen) atoms. The van der Waals surface area contributed by atoms with Crippen molar-refractivity contribution in [2.24, 2.45) is 5.73 Å². The van der Waals surface area contributed by atoms with Crippen molar-refractivity contribution in [1.82, 2.24) is 0 Å². The summed E-state index contributed by atoms with van der Waals surface area (Å²) < 4.78 is 5.09. The molecule has 1 atom stereocenters. The summed E-state index contributed by atoms with van der Waals surface area (Å²) in [5, 5.41) is 0. The molecule has 0 aliphatic carbocycles. The summed E-state index contributed by atoms with van der Waals surface area (Å²) in [7, 11) is 1.71. The Balaban J connectivity index is 2.98. The molecule has 0 fully saturated rings. The number of nitrogens with two attached hydrogens (primary N) is 1. The van der Waals surface area contributed by atoms with Crippen LogP contribution in [0.15, 0.2) is 18.2 Å². The zero-order valence-corrected chi connectivity index (χ0v) is 10.1. The molecule has 0 aromatic heterocycles. The fourth-order valence-corrected chi connectivity index (χ4v) is 1.82. The number of ether oxygens (including phenoxy) is 1. The van der Waals surface area contributed by atoms with E-state index in [1.807, 2.05) is 0 Å². The van der Waals surface area contributed by atoms with Crippen LogP contribution in [0, 0.1) is 13.8 Å². The molecule has 84 valence electrons. The zero-order valence-electron chi connectivity index (χ0n) is 10.1. The quantitative estimate of drug-likeness (QED) is 0.823. The molecule has 2 nitrogen and oxygen atoms in total. The van der Waals surface area contributed by atoms with Gasteiger partial charge < -0.3 is 10.5 Å². The summed E-state index contributed by atoms with van der Waals surface area (Å²) in [5.41, 5.74) is 9.82. The first-order valence-electron chi connectivity index (χ1n) is 5.33. The third kappa shape index (κ3) is 2.80. The SMILES string of the molecule is COCCC(C)(N)c1cccc(C)c1C. The monoisotopic (exact) mass is 207 g/mol. The second kappa shape index (κ2) is 4.77. The number of hydrogen-bond acceptors (Lipinski definition) is 2. The smallest absolute Gasteiger partial charge is 0.0482 e. The molecule has 0 saturated carbocycles. The van der Waals surface area contributed by atoms with Gasteiger partial charge in [-0.25, -0.2) is 0 Å². The summed E-state index contributed by atoms with van der Waals surface area (Å²) in [5.74, 6) is 0. The lowest BCUT2D eigenvalue weighted by atomic mass is 9.85. The summed E-state index contributed by atoms with van der Waals surface area (Å²) in [6.45, 7) is 7.00. The van der Waals surface area contributed by atoms with Gasteiger partial charge in [-0.15, -0.1) is 0 Å². The van der Waals surface area contributed by atoms with E-state index in [2.05, 4.69) is 39.0 Å². The molecule has 0 radical (unpaired) electrons. The van der Waals surface area contributed by atoms with Gasteiger partial charge in [0.15, 0.2) is 0 Å². The van der Waals surface area contributed by atoms with Crippen LogP contribution < -0.4 is 5.73 Å². The third-order valence-electron chi connectivity index (χ3n) is 3.05. The van der Waals surface area contributed by atoms with Gasteiger partial charge >= 0.3 is 0 Å². The van der Waals surface area contributed by atoms with E-state index in [9.17, 15) is 0 Å². The Bertz CT molecular complexity index is 331. The van der Waals surface area contributed by atoms with E-state index in [0.29, 0.717) is 6.61 Å². The lowest BCUT2D eigenvalue weighted by Gasteiger charge is -2.27. The van der Waals surface area contributed by atoms with Crippen molar-refractivity contribution in [3.8, 4) is 0 Å². The maximum Gasteiger partial charge on any atom is 0.0482 e. The van der Waals surface area contributed by atoms with E-state index in [0.717, 1.165) is 6.42 Å². The molecule has 2 N–H and O–H groups in total. The Kier molecular flexibility index (Phi) is 3.89. The number of benzene rings is 1. The van der Waals surface area contributed by atoms with E-state index in [1.165, 1.54) is 16.7 Å². The van der Waals surface area contributed by atoms with Gasteiger partial charge in [0.1, 0.15) is 0 Å².